The Hall–Kier alpha value is -2.19. The van der Waals surface area contributed by atoms with Gasteiger partial charge in [-0.25, -0.2) is 4.79 Å². The summed E-state index contributed by atoms with van der Waals surface area (Å²) in [5, 5.41) is 11.9. The zero-order chi connectivity index (χ0) is 20.6. The van der Waals surface area contributed by atoms with Crippen molar-refractivity contribution in [3.8, 4) is 0 Å². The van der Waals surface area contributed by atoms with Crippen molar-refractivity contribution in [1.82, 2.24) is 9.80 Å². The molecule has 29 heavy (non-hydrogen) atoms. The van der Waals surface area contributed by atoms with Gasteiger partial charge >= 0.3 is 5.97 Å². The molecular formula is C21H26N4O2S2. The van der Waals surface area contributed by atoms with E-state index in [1.54, 1.807) is 42.4 Å². The van der Waals surface area contributed by atoms with Crippen LogP contribution in [0.3, 0.4) is 0 Å². The van der Waals surface area contributed by atoms with E-state index in [0.717, 1.165) is 37.7 Å². The third-order valence-corrected chi connectivity index (χ3v) is 6.84. The van der Waals surface area contributed by atoms with Gasteiger partial charge < -0.3 is 14.9 Å². The SMILES string of the molecule is CCN1CCS/C1=C\C=Nc1ccc(N=C/C=C2\SCCN2CC)c(C(=O)O)c1. The number of hydrogen-bond acceptors (Lipinski definition) is 7. The van der Waals surface area contributed by atoms with Crippen molar-refractivity contribution < 1.29 is 9.90 Å². The van der Waals surface area contributed by atoms with Gasteiger partial charge in [0.2, 0.25) is 0 Å². The molecule has 3 rings (SSSR count). The van der Waals surface area contributed by atoms with Crippen LogP contribution in [-0.2, 0) is 0 Å². The standard InChI is InChI=1S/C21H26N4O2S2/c1-3-24-11-13-28-19(24)7-9-22-16-5-6-18(17(15-16)21(26)27)23-10-8-20-25(4-2)12-14-29-20/h5-10,15H,3-4,11-14H2,1-2H3,(H,26,27)/b19-7-,20-8-,22-9?,23-10?. The Morgan fingerprint density at radius 1 is 1.03 bits per heavy atom. The molecule has 0 spiro atoms. The third-order valence-electron chi connectivity index (χ3n) is 4.69. The third kappa shape index (κ3) is 5.67. The Labute approximate surface area is 180 Å². The topological polar surface area (TPSA) is 68.5 Å². The fourth-order valence-corrected chi connectivity index (χ4v) is 5.28. The summed E-state index contributed by atoms with van der Waals surface area (Å²) in [6.45, 7) is 8.30. The predicted molar refractivity (Wildman–Crippen MR) is 125 cm³/mol. The number of aliphatic imine (C=N–C) groups is 2. The van der Waals surface area contributed by atoms with Crippen molar-refractivity contribution in [2.75, 3.05) is 37.7 Å². The summed E-state index contributed by atoms with van der Waals surface area (Å²) < 4.78 is 0. The number of nitrogens with zero attached hydrogens (tertiary/aromatic N) is 4. The number of allylic oxidation sites excluding steroid dienone is 2. The number of aromatic carboxylic acids is 1. The highest BCUT2D eigenvalue weighted by Gasteiger charge is 2.15. The number of carbonyl (C=O) groups is 1. The zero-order valence-corrected chi connectivity index (χ0v) is 18.4. The summed E-state index contributed by atoms with van der Waals surface area (Å²) >= 11 is 3.61. The molecule has 0 saturated carbocycles. The van der Waals surface area contributed by atoms with Crippen LogP contribution in [0.15, 0.2) is 50.4 Å². The van der Waals surface area contributed by atoms with Crippen LogP contribution in [0, 0.1) is 0 Å². The summed E-state index contributed by atoms with van der Waals surface area (Å²) in [6.07, 6.45) is 7.35. The average molecular weight is 431 g/mol. The molecule has 1 aromatic rings. The maximum atomic E-state index is 11.7. The summed E-state index contributed by atoms with van der Waals surface area (Å²) in [5.74, 6) is 1.16. The normalized spacial score (nSPS) is 20.2. The van der Waals surface area contributed by atoms with Gasteiger partial charge in [-0.3, -0.25) is 9.98 Å². The first-order chi connectivity index (χ1) is 14.1. The minimum Gasteiger partial charge on any atom is -0.478 e. The second kappa shape index (κ2) is 10.5. The number of rotatable bonds is 7. The van der Waals surface area contributed by atoms with Gasteiger partial charge in [-0.1, -0.05) is 0 Å². The maximum absolute atomic E-state index is 11.7. The van der Waals surface area contributed by atoms with Crippen molar-refractivity contribution in [1.29, 1.82) is 0 Å². The van der Waals surface area contributed by atoms with Crippen LogP contribution in [0.2, 0.25) is 0 Å². The smallest absolute Gasteiger partial charge is 0.337 e. The van der Waals surface area contributed by atoms with Crippen molar-refractivity contribution in [2.45, 2.75) is 13.8 Å². The van der Waals surface area contributed by atoms with Crippen LogP contribution < -0.4 is 0 Å². The second-order valence-electron chi connectivity index (χ2n) is 6.43. The lowest BCUT2D eigenvalue weighted by Gasteiger charge is -2.14. The fraction of sp³-hybridized carbons (Fsp3) is 0.381. The van der Waals surface area contributed by atoms with Gasteiger partial charge in [-0.2, -0.15) is 0 Å². The van der Waals surface area contributed by atoms with Gasteiger partial charge in [0.25, 0.3) is 0 Å². The average Bonchev–Trinajstić information content (AvgIpc) is 3.37. The molecule has 0 aromatic heterocycles. The lowest BCUT2D eigenvalue weighted by molar-refractivity contribution is 0.0698. The Kier molecular flexibility index (Phi) is 7.83. The molecule has 6 nitrogen and oxygen atoms in total. The van der Waals surface area contributed by atoms with Gasteiger partial charge in [0.1, 0.15) is 0 Å². The van der Waals surface area contributed by atoms with Crippen LogP contribution in [0.1, 0.15) is 24.2 Å². The van der Waals surface area contributed by atoms with Gasteiger partial charge in [0.15, 0.2) is 0 Å². The van der Waals surface area contributed by atoms with Crippen LogP contribution in [-0.4, -0.2) is 71.0 Å². The molecule has 2 saturated heterocycles. The number of hydrogen-bond donors (Lipinski definition) is 1. The van der Waals surface area contributed by atoms with E-state index >= 15 is 0 Å². The summed E-state index contributed by atoms with van der Waals surface area (Å²) in [6, 6.07) is 5.07. The Morgan fingerprint density at radius 3 is 2.17 bits per heavy atom. The fourth-order valence-electron chi connectivity index (χ4n) is 3.12. The molecule has 2 aliphatic heterocycles. The number of thioether (sulfide) groups is 2. The van der Waals surface area contributed by atoms with Gasteiger partial charge in [0.05, 0.1) is 27.0 Å². The molecule has 2 fully saturated rings. The Morgan fingerprint density at radius 2 is 1.62 bits per heavy atom. The van der Waals surface area contributed by atoms with Crippen LogP contribution >= 0.6 is 23.5 Å². The highest BCUT2D eigenvalue weighted by molar-refractivity contribution is 8.03. The largest absolute Gasteiger partial charge is 0.478 e. The highest BCUT2D eigenvalue weighted by Crippen LogP contribution is 2.29. The summed E-state index contributed by atoms with van der Waals surface area (Å²) in [7, 11) is 0. The first-order valence-electron chi connectivity index (χ1n) is 9.74. The van der Waals surface area contributed by atoms with Crippen LogP contribution in [0.5, 0.6) is 0 Å². The number of carboxylic acids is 1. The van der Waals surface area contributed by atoms with Gasteiger partial charge in [-0.15, -0.1) is 23.5 Å². The molecule has 0 aliphatic carbocycles. The lowest BCUT2D eigenvalue weighted by atomic mass is 10.1. The highest BCUT2D eigenvalue weighted by atomic mass is 32.2. The van der Waals surface area contributed by atoms with E-state index < -0.39 is 5.97 Å². The van der Waals surface area contributed by atoms with E-state index in [9.17, 15) is 9.90 Å². The van der Waals surface area contributed by atoms with E-state index in [4.69, 9.17) is 0 Å². The molecule has 0 bridgehead atoms. The lowest BCUT2D eigenvalue weighted by Crippen LogP contribution is -2.17. The number of benzene rings is 1. The molecule has 1 N–H and O–H groups in total. The second-order valence-corrected chi connectivity index (χ2v) is 8.66. The molecular weight excluding hydrogens is 404 g/mol. The Balaban J connectivity index is 1.74. The minimum absolute atomic E-state index is 0.152. The monoisotopic (exact) mass is 430 g/mol. The van der Waals surface area contributed by atoms with Crippen molar-refractivity contribution in [2.24, 2.45) is 9.98 Å². The van der Waals surface area contributed by atoms with Crippen molar-refractivity contribution in [3.05, 3.63) is 46.0 Å². The van der Waals surface area contributed by atoms with Gasteiger partial charge in [0, 0.05) is 50.1 Å². The molecule has 154 valence electrons. The Bertz CT molecular complexity index is 864. The summed E-state index contributed by atoms with van der Waals surface area (Å²) in [4.78, 5) is 25.0. The van der Waals surface area contributed by atoms with Crippen molar-refractivity contribution in [3.63, 3.8) is 0 Å². The van der Waals surface area contributed by atoms with Crippen molar-refractivity contribution >= 4 is 53.3 Å². The first-order valence-corrected chi connectivity index (χ1v) is 11.7. The minimum atomic E-state index is -1.01. The zero-order valence-electron chi connectivity index (χ0n) is 16.7. The molecule has 8 heteroatoms. The van der Waals surface area contributed by atoms with E-state index in [2.05, 4.69) is 33.6 Å². The molecule has 0 unspecified atom stereocenters. The first kappa shape index (κ1) is 21.5. The van der Waals surface area contributed by atoms with E-state index in [1.165, 1.54) is 10.1 Å². The van der Waals surface area contributed by atoms with E-state index in [1.807, 2.05) is 23.9 Å². The quantitative estimate of drug-likeness (QED) is 0.637. The van der Waals surface area contributed by atoms with Gasteiger partial charge in [-0.05, 0) is 44.2 Å². The number of carboxylic acid groups (broad SMARTS) is 1. The van der Waals surface area contributed by atoms with Crippen LogP contribution in [0.25, 0.3) is 0 Å². The predicted octanol–water partition coefficient (Wildman–Crippen LogP) is 4.61. The molecule has 0 radical (unpaired) electrons. The molecule has 0 atom stereocenters. The van der Waals surface area contributed by atoms with Crippen LogP contribution in [0.4, 0.5) is 11.4 Å². The maximum Gasteiger partial charge on any atom is 0.337 e. The van der Waals surface area contributed by atoms with E-state index in [0.29, 0.717) is 11.4 Å². The molecule has 2 heterocycles. The molecule has 0 amide bonds. The summed E-state index contributed by atoms with van der Waals surface area (Å²) in [5.41, 5.74) is 1.19. The molecule has 2 aliphatic rings. The molecule has 1 aromatic carbocycles. The van der Waals surface area contributed by atoms with E-state index in [-0.39, 0.29) is 5.56 Å².